The third-order valence-electron chi connectivity index (χ3n) is 3.83. The minimum atomic E-state index is 0.832. The number of rotatable bonds is 3. The van der Waals surface area contributed by atoms with Gasteiger partial charge in [0.15, 0.2) is 0 Å². The Hall–Kier alpha value is -1.16. The first kappa shape index (κ1) is 11.9. The molecule has 0 spiro atoms. The van der Waals surface area contributed by atoms with Crippen LogP contribution < -0.4 is 4.90 Å². The van der Waals surface area contributed by atoms with Gasteiger partial charge in [0.05, 0.1) is 5.39 Å². The minimum Gasteiger partial charge on any atom is -0.356 e. The van der Waals surface area contributed by atoms with Gasteiger partial charge in [0.2, 0.25) is 0 Å². The first-order valence-electron chi connectivity index (χ1n) is 6.80. The summed E-state index contributed by atoms with van der Waals surface area (Å²) in [4.78, 5) is 13.0. The van der Waals surface area contributed by atoms with Gasteiger partial charge in [0, 0.05) is 19.5 Å². The lowest BCUT2D eigenvalue weighted by molar-refractivity contribution is 0.569. The Bertz CT molecular complexity index is 549. The van der Waals surface area contributed by atoms with E-state index in [9.17, 15) is 0 Å². The Labute approximate surface area is 112 Å². The van der Waals surface area contributed by atoms with Crippen LogP contribution in [-0.4, -0.2) is 23.1 Å². The highest BCUT2D eigenvalue weighted by Gasteiger charge is 2.24. The van der Waals surface area contributed by atoms with Gasteiger partial charge in [-0.15, -0.1) is 11.3 Å². The molecule has 1 atom stereocenters. The summed E-state index contributed by atoms with van der Waals surface area (Å²) in [5.74, 6) is 2.97. The van der Waals surface area contributed by atoms with Crippen LogP contribution in [0.1, 0.15) is 32.5 Å². The van der Waals surface area contributed by atoms with Crippen LogP contribution in [0.15, 0.2) is 11.4 Å². The molecule has 1 aliphatic rings. The standard InChI is InChI=1S/C14H19N3S/c1-3-10-5-7-17(9-10)13-11-6-8-18-14(11)16-12(4-2)15-13/h6,8,10H,3-5,7,9H2,1-2H3. The molecule has 3 nitrogen and oxygen atoms in total. The first-order valence-corrected chi connectivity index (χ1v) is 7.68. The summed E-state index contributed by atoms with van der Waals surface area (Å²) < 4.78 is 0. The molecule has 1 unspecified atom stereocenters. The molecular formula is C14H19N3S. The normalized spacial score (nSPS) is 19.9. The van der Waals surface area contributed by atoms with E-state index in [-0.39, 0.29) is 0 Å². The number of hydrogen-bond acceptors (Lipinski definition) is 4. The van der Waals surface area contributed by atoms with Crippen molar-refractivity contribution < 1.29 is 0 Å². The first-order chi connectivity index (χ1) is 8.81. The molecule has 18 heavy (non-hydrogen) atoms. The smallest absolute Gasteiger partial charge is 0.141 e. The monoisotopic (exact) mass is 261 g/mol. The van der Waals surface area contributed by atoms with Gasteiger partial charge < -0.3 is 4.90 Å². The van der Waals surface area contributed by atoms with Crippen LogP contribution in [0.5, 0.6) is 0 Å². The van der Waals surface area contributed by atoms with Crippen molar-refractivity contribution in [2.24, 2.45) is 5.92 Å². The van der Waals surface area contributed by atoms with Crippen molar-refractivity contribution in [3.8, 4) is 0 Å². The lowest BCUT2D eigenvalue weighted by atomic mass is 10.1. The lowest BCUT2D eigenvalue weighted by Crippen LogP contribution is -2.21. The molecule has 96 valence electrons. The van der Waals surface area contributed by atoms with Gasteiger partial charge in [0.1, 0.15) is 16.5 Å². The van der Waals surface area contributed by atoms with E-state index >= 15 is 0 Å². The summed E-state index contributed by atoms with van der Waals surface area (Å²) in [5.41, 5.74) is 0. The molecule has 0 amide bonds. The molecule has 0 saturated carbocycles. The molecule has 0 radical (unpaired) electrons. The van der Waals surface area contributed by atoms with Crippen molar-refractivity contribution in [1.82, 2.24) is 9.97 Å². The summed E-state index contributed by atoms with van der Waals surface area (Å²) >= 11 is 1.72. The molecule has 0 aliphatic carbocycles. The summed E-state index contributed by atoms with van der Waals surface area (Å²) in [7, 11) is 0. The molecule has 0 N–H and O–H groups in total. The highest BCUT2D eigenvalue weighted by molar-refractivity contribution is 7.16. The van der Waals surface area contributed by atoms with Crippen LogP contribution in [0.25, 0.3) is 10.2 Å². The van der Waals surface area contributed by atoms with Gasteiger partial charge in [-0.1, -0.05) is 20.3 Å². The highest BCUT2D eigenvalue weighted by atomic mass is 32.1. The van der Waals surface area contributed by atoms with E-state index in [0.717, 1.165) is 41.9 Å². The number of nitrogens with zero attached hydrogens (tertiary/aromatic N) is 3. The number of aromatic nitrogens is 2. The van der Waals surface area contributed by atoms with Crippen LogP contribution in [0.2, 0.25) is 0 Å². The van der Waals surface area contributed by atoms with Crippen molar-refractivity contribution in [2.45, 2.75) is 33.1 Å². The maximum Gasteiger partial charge on any atom is 0.141 e. The van der Waals surface area contributed by atoms with Crippen molar-refractivity contribution in [3.63, 3.8) is 0 Å². The van der Waals surface area contributed by atoms with Gasteiger partial charge in [-0.3, -0.25) is 0 Å². The third-order valence-corrected chi connectivity index (χ3v) is 4.64. The van der Waals surface area contributed by atoms with E-state index < -0.39 is 0 Å². The van der Waals surface area contributed by atoms with Crippen LogP contribution in [0, 0.1) is 5.92 Å². The second-order valence-corrected chi connectivity index (χ2v) is 5.86. The van der Waals surface area contributed by atoms with Crippen molar-refractivity contribution in [1.29, 1.82) is 0 Å². The molecule has 4 heteroatoms. The predicted octanol–water partition coefficient (Wildman–Crippen LogP) is 3.49. The largest absolute Gasteiger partial charge is 0.356 e. The Kier molecular flexibility index (Phi) is 3.20. The second-order valence-electron chi connectivity index (χ2n) is 4.97. The van der Waals surface area contributed by atoms with Crippen LogP contribution in [0.4, 0.5) is 5.82 Å². The van der Waals surface area contributed by atoms with Gasteiger partial charge in [-0.05, 0) is 23.8 Å². The second kappa shape index (κ2) is 4.84. The van der Waals surface area contributed by atoms with Crippen molar-refractivity contribution in [3.05, 3.63) is 17.3 Å². The quantitative estimate of drug-likeness (QED) is 0.847. The van der Waals surface area contributed by atoms with E-state index in [1.807, 2.05) is 0 Å². The molecule has 1 fully saturated rings. The zero-order chi connectivity index (χ0) is 12.5. The summed E-state index contributed by atoms with van der Waals surface area (Å²) in [5, 5.41) is 3.35. The molecule has 2 aromatic heterocycles. The van der Waals surface area contributed by atoms with E-state index in [1.54, 1.807) is 11.3 Å². The van der Waals surface area contributed by atoms with E-state index in [2.05, 4.69) is 35.2 Å². The molecule has 0 bridgehead atoms. The van der Waals surface area contributed by atoms with Gasteiger partial charge in [-0.25, -0.2) is 9.97 Å². The van der Waals surface area contributed by atoms with E-state index in [4.69, 9.17) is 4.98 Å². The Morgan fingerprint density at radius 2 is 2.28 bits per heavy atom. The van der Waals surface area contributed by atoms with E-state index in [0.29, 0.717) is 0 Å². The average molecular weight is 261 g/mol. The fourth-order valence-corrected chi connectivity index (χ4v) is 3.42. The average Bonchev–Trinajstić information content (AvgIpc) is 3.05. The van der Waals surface area contributed by atoms with Gasteiger partial charge in [-0.2, -0.15) is 0 Å². The zero-order valence-corrected chi connectivity index (χ0v) is 11.8. The van der Waals surface area contributed by atoms with Gasteiger partial charge >= 0.3 is 0 Å². The number of aryl methyl sites for hydroxylation is 1. The number of thiophene rings is 1. The molecule has 3 rings (SSSR count). The Morgan fingerprint density at radius 1 is 1.39 bits per heavy atom. The van der Waals surface area contributed by atoms with Crippen molar-refractivity contribution in [2.75, 3.05) is 18.0 Å². The number of anilines is 1. The molecule has 1 saturated heterocycles. The molecule has 2 aromatic rings. The Balaban J connectivity index is 2.02. The predicted molar refractivity (Wildman–Crippen MR) is 77.4 cm³/mol. The Morgan fingerprint density at radius 3 is 3.00 bits per heavy atom. The van der Waals surface area contributed by atoms with Crippen molar-refractivity contribution >= 4 is 27.4 Å². The lowest BCUT2D eigenvalue weighted by Gasteiger charge is -2.18. The summed E-state index contributed by atoms with van der Waals surface area (Å²) in [6, 6.07) is 2.16. The molecule has 0 aromatic carbocycles. The fraction of sp³-hybridized carbons (Fsp3) is 0.571. The highest BCUT2D eigenvalue weighted by Crippen LogP contribution is 2.31. The molecule has 1 aliphatic heterocycles. The summed E-state index contributed by atoms with van der Waals surface area (Å²) in [6.45, 7) is 6.70. The van der Waals surface area contributed by atoms with E-state index in [1.165, 1.54) is 18.2 Å². The number of hydrogen-bond donors (Lipinski definition) is 0. The van der Waals surface area contributed by atoms with Crippen LogP contribution in [-0.2, 0) is 6.42 Å². The van der Waals surface area contributed by atoms with Gasteiger partial charge in [0.25, 0.3) is 0 Å². The maximum atomic E-state index is 4.76. The maximum absolute atomic E-state index is 4.76. The topological polar surface area (TPSA) is 29.0 Å². The third kappa shape index (κ3) is 1.99. The SMILES string of the molecule is CCc1nc(N2CCC(CC)C2)c2ccsc2n1. The molecular weight excluding hydrogens is 242 g/mol. The fourth-order valence-electron chi connectivity index (χ4n) is 2.64. The minimum absolute atomic E-state index is 0.832. The molecule has 3 heterocycles. The zero-order valence-electron chi connectivity index (χ0n) is 11.0. The van der Waals surface area contributed by atoms with Crippen LogP contribution >= 0.6 is 11.3 Å². The number of fused-ring (bicyclic) bond motifs is 1. The van der Waals surface area contributed by atoms with Crippen LogP contribution in [0.3, 0.4) is 0 Å². The summed E-state index contributed by atoms with van der Waals surface area (Å²) in [6.07, 6.45) is 3.48.